The van der Waals surface area contributed by atoms with Gasteiger partial charge in [0.25, 0.3) is 5.91 Å². The second-order valence-electron chi connectivity index (χ2n) is 8.24. The Morgan fingerprint density at radius 3 is 2.55 bits per heavy atom. The summed E-state index contributed by atoms with van der Waals surface area (Å²) in [5, 5.41) is 0. The van der Waals surface area contributed by atoms with Crippen LogP contribution in [0.3, 0.4) is 0 Å². The first kappa shape index (κ1) is 23.7. The van der Waals surface area contributed by atoms with Crippen molar-refractivity contribution in [2.24, 2.45) is 0 Å². The maximum atomic E-state index is 15.4. The summed E-state index contributed by atoms with van der Waals surface area (Å²) in [7, 11) is -3.84. The number of carbonyl (C=O) groups is 1. The summed E-state index contributed by atoms with van der Waals surface area (Å²) < 4.78 is 89.2. The van der Waals surface area contributed by atoms with Gasteiger partial charge in [-0.3, -0.25) is 4.79 Å². The third kappa shape index (κ3) is 4.90. The van der Waals surface area contributed by atoms with Crippen molar-refractivity contribution in [3.63, 3.8) is 0 Å². The van der Waals surface area contributed by atoms with Crippen LogP contribution in [0, 0.1) is 17.5 Å². The van der Waals surface area contributed by atoms with Gasteiger partial charge in [0.2, 0.25) is 10.0 Å². The molecule has 2 fully saturated rings. The van der Waals surface area contributed by atoms with E-state index in [0.717, 1.165) is 24.5 Å². The highest BCUT2D eigenvalue weighted by atomic mass is 32.2. The predicted molar refractivity (Wildman–Crippen MR) is 112 cm³/mol. The summed E-state index contributed by atoms with van der Waals surface area (Å²) >= 11 is 0. The van der Waals surface area contributed by atoms with Gasteiger partial charge in [-0.05, 0) is 30.2 Å². The minimum atomic E-state index is -3.84. The zero-order valence-corrected chi connectivity index (χ0v) is 18.4. The number of nitrogens with zero attached hydrogens (tertiary/aromatic N) is 1. The number of hydrogen-bond donors (Lipinski definition) is 1. The molecular weight excluding hydrogens is 464 g/mol. The van der Waals surface area contributed by atoms with Crippen molar-refractivity contribution in [2.75, 3.05) is 19.4 Å². The van der Waals surface area contributed by atoms with E-state index in [1.54, 1.807) is 0 Å². The Labute approximate surface area is 188 Å². The van der Waals surface area contributed by atoms with E-state index in [0.29, 0.717) is 13.0 Å². The van der Waals surface area contributed by atoms with Crippen LogP contribution in [-0.4, -0.2) is 63.0 Å². The van der Waals surface area contributed by atoms with Gasteiger partial charge in [-0.1, -0.05) is 18.2 Å². The van der Waals surface area contributed by atoms with Gasteiger partial charge in [-0.2, -0.15) is 0 Å². The van der Waals surface area contributed by atoms with Crippen molar-refractivity contribution in [1.82, 2.24) is 9.62 Å². The van der Waals surface area contributed by atoms with Gasteiger partial charge in [-0.15, -0.1) is 0 Å². The van der Waals surface area contributed by atoms with Gasteiger partial charge >= 0.3 is 0 Å². The molecular formula is C22H22F4N2O4S. The van der Waals surface area contributed by atoms with Crippen LogP contribution >= 0.6 is 0 Å². The molecule has 1 amide bonds. The van der Waals surface area contributed by atoms with E-state index >= 15 is 4.39 Å². The number of ether oxygens (including phenoxy) is 1. The lowest BCUT2D eigenvalue weighted by Crippen LogP contribution is -2.53. The predicted octanol–water partition coefficient (Wildman–Crippen LogP) is 2.57. The summed E-state index contributed by atoms with van der Waals surface area (Å²) in [6.45, 7) is 0.00520. The molecule has 0 bridgehead atoms. The highest BCUT2D eigenvalue weighted by molar-refractivity contribution is 7.88. The number of halogens is 4. The molecule has 0 spiro atoms. The molecule has 1 N–H and O–H groups in total. The van der Waals surface area contributed by atoms with Gasteiger partial charge in [0.05, 0.1) is 31.5 Å². The number of nitrogens with one attached hydrogen (secondary N) is 1. The van der Waals surface area contributed by atoms with Gasteiger partial charge in [0.15, 0.2) is 0 Å². The monoisotopic (exact) mass is 486 g/mol. The SMILES string of the molecule is CS(=O)(=O)N[C@H]1[C@@H](F)CN(C(=O)C2CCO2)[C@H]1Cc1cccc(-c2cc(F)ccc2F)c1F. The van der Waals surface area contributed by atoms with Crippen molar-refractivity contribution in [3.05, 3.63) is 59.4 Å². The van der Waals surface area contributed by atoms with E-state index in [1.165, 1.54) is 23.1 Å². The third-order valence-corrected chi connectivity index (χ3v) is 6.61. The lowest BCUT2D eigenvalue weighted by Gasteiger charge is -2.34. The fraction of sp³-hybridized carbons (Fsp3) is 0.409. The highest BCUT2D eigenvalue weighted by Gasteiger charge is 2.48. The van der Waals surface area contributed by atoms with E-state index < -0.39 is 57.7 Å². The third-order valence-electron chi connectivity index (χ3n) is 5.91. The molecule has 0 saturated carbocycles. The molecule has 2 aliphatic heterocycles. The Morgan fingerprint density at radius 2 is 1.91 bits per heavy atom. The van der Waals surface area contributed by atoms with Crippen LogP contribution in [0.1, 0.15) is 12.0 Å². The zero-order valence-electron chi connectivity index (χ0n) is 17.6. The standard InChI is InChI=1S/C22H22F4N2O4S/c1-33(30,31)27-21-17(25)11-28(22(29)19-7-8-32-19)18(21)9-12-3-2-4-14(20(12)26)15-10-13(23)5-6-16(15)24/h2-6,10,17-19,21,27H,7-9,11H2,1H3/t17-,18-,19?,21-/m0/s1. The number of likely N-dealkylation sites (tertiary alicyclic amines) is 1. The number of rotatable bonds is 6. The quantitative estimate of drug-likeness (QED) is 0.637. The van der Waals surface area contributed by atoms with E-state index in [2.05, 4.69) is 4.72 Å². The summed E-state index contributed by atoms with van der Waals surface area (Å²) in [6.07, 6.45) is -1.41. The molecule has 2 saturated heterocycles. The van der Waals surface area contributed by atoms with Crippen molar-refractivity contribution >= 4 is 15.9 Å². The fourth-order valence-corrected chi connectivity index (χ4v) is 5.05. The maximum Gasteiger partial charge on any atom is 0.252 e. The molecule has 0 radical (unpaired) electrons. The van der Waals surface area contributed by atoms with Crippen LogP contribution in [-0.2, 0) is 26.0 Å². The lowest BCUT2D eigenvalue weighted by molar-refractivity contribution is -0.157. The van der Waals surface area contributed by atoms with Crippen molar-refractivity contribution < 1.29 is 35.5 Å². The first-order chi connectivity index (χ1) is 15.5. The Balaban J connectivity index is 1.70. The zero-order chi connectivity index (χ0) is 23.9. The van der Waals surface area contributed by atoms with Gasteiger partial charge in [0, 0.05) is 17.5 Å². The van der Waals surface area contributed by atoms with Crippen LogP contribution in [0.25, 0.3) is 11.1 Å². The second kappa shape index (κ2) is 9.03. The van der Waals surface area contributed by atoms with Crippen LogP contribution in [0.15, 0.2) is 36.4 Å². The number of hydrogen-bond acceptors (Lipinski definition) is 4. The molecule has 11 heteroatoms. The summed E-state index contributed by atoms with van der Waals surface area (Å²) in [5.41, 5.74) is -0.485. The molecule has 6 nitrogen and oxygen atoms in total. The van der Waals surface area contributed by atoms with E-state index in [1.807, 2.05) is 0 Å². The van der Waals surface area contributed by atoms with Gasteiger partial charge in [-0.25, -0.2) is 30.7 Å². The molecule has 2 heterocycles. The Morgan fingerprint density at radius 1 is 1.18 bits per heavy atom. The Hall–Kier alpha value is -2.50. The van der Waals surface area contributed by atoms with Crippen LogP contribution in [0.5, 0.6) is 0 Å². The van der Waals surface area contributed by atoms with Crippen LogP contribution in [0.4, 0.5) is 17.6 Å². The number of carbonyl (C=O) groups excluding carboxylic acids is 1. The number of alkyl halides is 1. The fourth-order valence-electron chi connectivity index (χ4n) is 4.25. The highest BCUT2D eigenvalue weighted by Crippen LogP contribution is 2.32. The number of amides is 1. The van der Waals surface area contributed by atoms with Crippen LogP contribution < -0.4 is 4.72 Å². The topological polar surface area (TPSA) is 75.7 Å². The summed E-state index contributed by atoms with van der Waals surface area (Å²) in [5.74, 6) is -2.94. The van der Waals surface area contributed by atoms with Crippen LogP contribution in [0.2, 0.25) is 0 Å². The average Bonchev–Trinajstić information content (AvgIpc) is 2.98. The Bertz CT molecular complexity index is 1170. The van der Waals surface area contributed by atoms with Crippen molar-refractivity contribution in [3.8, 4) is 11.1 Å². The average molecular weight is 486 g/mol. The van der Waals surface area contributed by atoms with Crippen molar-refractivity contribution in [2.45, 2.75) is 37.2 Å². The van der Waals surface area contributed by atoms with Gasteiger partial charge < -0.3 is 9.64 Å². The largest absolute Gasteiger partial charge is 0.368 e. The minimum Gasteiger partial charge on any atom is -0.368 e. The molecule has 0 aliphatic carbocycles. The molecule has 4 atom stereocenters. The van der Waals surface area contributed by atoms with E-state index in [-0.39, 0.29) is 29.7 Å². The molecule has 0 aromatic heterocycles. The molecule has 2 aliphatic rings. The Kier molecular flexibility index (Phi) is 6.47. The minimum absolute atomic E-state index is 0.00268. The molecule has 178 valence electrons. The maximum absolute atomic E-state index is 15.4. The van der Waals surface area contributed by atoms with E-state index in [4.69, 9.17) is 4.74 Å². The smallest absolute Gasteiger partial charge is 0.252 e. The lowest BCUT2D eigenvalue weighted by atomic mass is 9.95. The molecule has 1 unspecified atom stereocenters. The van der Waals surface area contributed by atoms with E-state index in [9.17, 15) is 26.4 Å². The first-order valence-corrected chi connectivity index (χ1v) is 12.2. The first-order valence-electron chi connectivity index (χ1n) is 10.3. The number of sulfonamides is 1. The second-order valence-corrected chi connectivity index (χ2v) is 10.0. The van der Waals surface area contributed by atoms with Gasteiger partial charge in [0.1, 0.15) is 29.7 Å². The molecule has 2 aromatic rings. The summed E-state index contributed by atoms with van der Waals surface area (Å²) in [6, 6.07) is 4.39. The summed E-state index contributed by atoms with van der Waals surface area (Å²) in [4.78, 5) is 14.0. The normalized spacial score (nSPS) is 25.2. The molecule has 4 rings (SSSR count). The molecule has 33 heavy (non-hydrogen) atoms. The number of benzene rings is 2. The van der Waals surface area contributed by atoms with Crippen molar-refractivity contribution in [1.29, 1.82) is 0 Å². The molecule has 2 aromatic carbocycles.